The van der Waals surface area contributed by atoms with E-state index in [1.54, 1.807) is 0 Å². The average molecular weight is 226 g/mol. The smallest absolute Gasteiger partial charge is 0.316 e. The predicted molar refractivity (Wildman–Crippen MR) is 55.9 cm³/mol. The standard InChI is InChI=1S/C10H21F3N2/c1-3-14-7-9-15(4-2)8-5-6-10(11,12)13/h14H,3-9H2,1-2H3. The number of likely N-dealkylation sites (N-methyl/N-ethyl adjacent to an activating group) is 2. The zero-order chi connectivity index (χ0) is 11.7. The van der Waals surface area contributed by atoms with Gasteiger partial charge in [0.15, 0.2) is 0 Å². The summed E-state index contributed by atoms with van der Waals surface area (Å²) in [5, 5.41) is 3.16. The zero-order valence-corrected chi connectivity index (χ0v) is 9.53. The Morgan fingerprint density at radius 1 is 1.13 bits per heavy atom. The van der Waals surface area contributed by atoms with Crippen LogP contribution in [-0.2, 0) is 0 Å². The largest absolute Gasteiger partial charge is 0.389 e. The highest BCUT2D eigenvalue weighted by Gasteiger charge is 2.26. The summed E-state index contributed by atoms with van der Waals surface area (Å²) in [4.78, 5) is 2.04. The lowest BCUT2D eigenvalue weighted by atomic mass is 10.3. The highest BCUT2D eigenvalue weighted by atomic mass is 19.4. The molecule has 1 N–H and O–H groups in total. The van der Waals surface area contributed by atoms with Crippen LogP contribution in [-0.4, -0.2) is 43.8 Å². The summed E-state index contributed by atoms with van der Waals surface area (Å²) in [6, 6.07) is 0. The van der Waals surface area contributed by atoms with Gasteiger partial charge in [0.2, 0.25) is 0 Å². The molecule has 0 aromatic carbocycles. The van der Waals surface area contributed by atoms with E-state index in [2.05, 4.69) is 5.32 Å². The average Bonchev–Trinajstić information content (AvgIpc) is 2.14. The van der Waals surface area contributed by atoms with Crippen LogP contribution in [0.1, 0.15) is 26.7 Å². The second kappa shape index (κ2) is 7.93. The van der Waals surface area contributed by atoms with Gasteiger partial charge >= 0.3 is 6.18 Å². The van der Waals surface area contributed by atoms with Crippen molar-refractivity contribution in [2.75, 3.05) is 32.7 Å². The lowest BCUT2D eigenvalue weighted by Gasteiger charge is -2.20. The number of hydrogen-bond donors (Lipinski definition) is 1. The molecule has 15 heavy (non-hydrogen) atoms. The van der Waals surface area contributed by atoms with Gasteiger partial charge in [-0.2, -0.15) is 13.2 Å². The minimum atomic E-state index is -4.01. The summed E-state index contributed by atoms with van der Waals surface area (Å²) >= 11 is 0. The molecule has 0 aliphatic rings. The third-order valence-corrected chi connectivity index (χ3v) is 2.24. The molecular weight excluding hydrogens is 205 g/mol. The second-order valence-corrected chi connectivity index (χ2v) is 3.51. The normalized spacial score (nSPS) is 12.4. The maximum absolute atomic E-state index is 11.9. The highest BCUT2D eigenvalue weighted by molar-refractivity contribution is 4.60. The molecule has 0 spiro atoms. The maximum Gasteiger partial charge on any atom is 0.389 e. The fourth-order valence-corrected chi connectivity index (χ4v) is 1.35. The van der Waals surface area contributed by atoms with E-state index >= 15 is 0 Å². The molecule has 92 valence electrons. The molecule has 0 aliphatic carbocycles. The molecule has 0 aliphatic heterocycles. The second-order valence-electron chi connectivity index (χ2n) is 3.51. The van der Waals surface area contributed by atoms with E-state index < -0.39 is 12.6 Å². The summed E-state index contributed by atoms with van der Waals surface area (Å²) in [7, 11) is 0. The van der Waals surface area contributed by atoms with Crippen molar-refractivity contribution < 1.29 is 13.2 Å². The SMILES string of the molecule is CCNCCN(CC)CCCC(F)(F)F. The number of alkyl halides is 3. The fraction of sp³-hybridized carbons (Fsp3) is 1.00. The van der Waals surface area contributed by atoms with Crippen molar-refractivity contribution in [3.63, 3.8) is 0 Å². The Kier molecular flexibility index (Phi) is 7.78. The molecule has 0 heterocycles. The molecule has 0 bridgehead atoms. The number of nitrogens with zero attached hydrogens (tertiary/aromatic N) is 1. The van der Waals surface area contributed by atoms with Gasteiger partial charge in [-0.25, -0.2) is 0 Å². The van der Waals surface area contributed by atoms with Crippen molar-refractivity contribution in [1.82, 2.24) is 10.2 Å². The molecule has 0 atom stereocenters. The lowest BCUT2D eigenvalue weighted by molar-refractivity contribution is -0.136. The molecule has 5 heteroatoms. The maximum atomic E-state index is 11.9. The van der Waals surface area contributed by atoms with Gasteiger partial charge < -0.3 is 10.2 Å². The van der Waals surface area contributed by atoms with Crippen LogP contribution in [0.3, 0.4) is 0 Å². The molecule has 0 saturated heterocycles. The first-order valence-electron chi connectivity index (χ1n) is 5.49. The Bertz CT molecular complexity index is 148. The third kappa shape index (κ3) is 10.0. The monoisotopic (exact) mass is 226 g/mol. The molecule has 0 fully saturated rings. The van der Waals surface area contributed by atoms with Crippen LogP contribution < -0.4 is 5.32 Å². The van der Waals surface area contributed by atoms with E-state index in [0.29, 0.717) is 6.54 Å². The molecule has 2 nitrogen and oxygen atoms in total. The molecule has 0 aromatic rings. The van der Waals surface area contributed by atoms with Crippen LogP contribution in [0.15, 0.2) is 0 Å². The van der Waals surface area contributed by atoms with Crippen molar-refractivity contribution in [2.45, 2.75) is 32.9 Å². The van der Waals surface area contributed by atoms with Gasteiger partial charge in [-0.1, -0.05) is 13.8 Å². The summed E-state index contributed by atoms with van der Waals surface area (Å²) in [6.07, 6.45) is -4.49. The van der Waals surface area contributed by atoms with Crippen LogP contribution in [0.25, 0.3) is 0 Å². The number of nitrogens with one attached hydrogen (secondary N) is 1. The van der Waals surface area contributed by atoms with Crippen molar-refractivity contribution in [3.05, 3.63) is 0 Å². The van der Waals surface area contributed by atoms with Gasteiger partial charge in [0, 0.05) is 19.5 Å². The Balaban J connectivity index is 3.52. The van der Waals surface area contributed by atoms with E-state index in [1.807, 2.05) is 18.7 Å². The number of halogens is 3. The van der Waals surface area contributed by atoms with Crippen LogP contribution in [0.2, 0.25) is 0 Å². The van der Waals surface area contributed by atoms with Crippen molar-refractivity contribution in [3.8, 4) is 0 Å². The van der Waals surface area contributed by atoms with E-state index in [9.17, 15) is 13.2 Å². The highest BCUT2D eigenvalue weighted by Crippen LogP contribution is 2.21. The topological polar surface area (TPSA) is 15.3 Å². The van der Waals surface area contributed by atoms with Crippen molar-refractivity contribution in [1.29, 1.82) is 0 Å². The van der Waals surface area contributed by atoms with Crippen molar-refractivity contribution in [2.24, 2.45) is 0 Å². The first kappa shape index (κ1) is 14.7. The molecule has 0 radical (unpaired) electrons. The van der Waals surface area contributed by atoms with E-state index in [1.165, 1.54) is 0 Å². The first-order chi connectivity index (χ1) is 6.99. The van der Waals surface area contributed by atoms with Gasteiger partial charge in [-0.3, -0.25) is 0 Å². The van der Waals surface area contributed by atoms with Crippen LogP contribution in [0, 0.1) is 0 Å². The van der Waals surface area contributed by atoms with Gasteiger partial charge in [0.25, 0.3) is 0 Å². The third-order valence-electron chi connectivity index (χ3n) is 2.24. The Morgan fingerprint density at radius 2 is 1.80 bits per heavy atom. The van der Waals surface area contributed by atoms with Gasteiger partial charge in [-0.15, -0.1) is 0 Å². The van der Waals surface area contributed by atoms with Gasteiger partial charge in [0.1, 0.15) is 0 Å². The summed E-state index contributed by atoms with van der Waals surface area (Å²) in [5.74, 6) is 0. The van der Waals surface area contributed by atoms with E-state index in [4.69, 9.17) is 0 Å². The molecule has 0 unspecified atom stereocenters. The summed E-state index contributed by atoms with van der Waals surface area (Å²) in [5.41, 5.74) is 0. The van der Waals surface area contributed by atoms with Gasteiger partial charge in [-0.05, 0) is 26.1 Å². The Morgan fingerprint density at radius 3 is 2.27 bits per heavy atom. The molecule has 0 aromatic heterocycles. The molecular formula is C10H21F3N2. The Labute approximate surface area is 89.8 Å². The quantitative estimate of drug-likeness (QED) is 0.639. The minimum absolute atomic E-state index is 0.198. The molecule has 0 rings (SSSR count). The fourth-order valence-electron chi connectivity index (χ4n) is 1.35. The minimum Gasteiger partial charge on any atom is -0.316 e. The molecule has 0 amide bonds. The summed E-state index contributed by atoms with van der Waals surface area (Å²) in [6.45, 7) is 7.89. The first-order valence-corrected chi connectivity index (χ1v) is 5.49. The van der Waals surface area contributed by atoms with E-state index in [0.717, 1.165) is 26.2 Å². The Hall–Kier alpha value is -0.290. The van der Waals surface area contributed by atoms with Crippen LogP contribution in [0.5, 0.6) is 0 Å². The predicted octanol–water partition coefficient (Wildman–Crippen LogP) is 2.26. The zero-order valence-electron chi connectivity index (χ0n) is 9.53. The number of rotatable bonds is 8. The summed E-state index contributed by atoms with van der Waals surface area (Å²) < 4.78 is 35.7. The van der Waals surface area contributed by atoms with Crippen LogP contribution in [0.4, 0.5) is 13.2 Å². The van der Waals surface area contributed by atoms with E-state index in [-0.39, 0.29) is 6.42 Å². The van der Waals surface area contributed by atoms with Crippen LogP contribution >= 0.6 is 0 Å². The lowest BCUT2D eigenvalue weighted by Crippen LogP contribution is -2.33. The molecule has 0 saturated carbocycles. The van der Waals surface area contributed by atoms with Gasteiger partial charge in [0.05, 0.1) is 0 Å². The number of hydrogen-bond acceptors (Lipinski definition) is 2. The van der Waals surface area contributed by atoms with Crippen molar-refractivity contribution >= 4 is 0 Å².